The van der Waals surface area contributed by atoms with Crippen molar-refractivity contribution in [3.05, 3.63) is 28.2 Å². The van der Waals surface area contributed by atoms with Crippen molar-refractivity contribution in [3.63, 3.8) is 0 Å². The molecule has 0 aromatic heterocycles. The van der Waals surface area contributed by atoms with E-state index in [2.05, 4.69) is 38.3 Å². The van der Waals surface area contributed by atoms with Gasteiger partial charge in [-0.15, -0.1) is 0 Å². The molecule has 0 spiro atoms. The highest BCUT2D eigenvalue weighted by Crippen LogP contribution is 2.28. The minimum absolute atomic E-state index is 0.670. The van der Waals surface area contributed by atoms with Crippen molar-refractivity contribution in [2.24, 2.45) is 5.92 Å². The predicted molar refractivity (Wildman–Crippen MR) is 80.5 cm³/mol. The number of halogens is 1. The standard InChI is InChI=1S/C15H21BrN2O/c1-19-15-3-2-11(8-13(15)16)9-17-14-10-18-6-4-12(14)5-7-18/h2-3,8,12,14,17H,4-7,9-10H2,1H3. The molecule has 1 aromatic rings. The van der Waals surface area contributed by atoms with Crippen molar-refractivity contribution >= 4 is 15.9 Å². The second kappa shape index (κ2) is 5.81. The minimum atomic E-state index is 0.670. The highest BCUT2D eigenvalue weighted by Gasteiger charge is 2.33. The number of ether oxygens (including phenoxy) is 1. The lowest BCUT2D eigenvalue weighted by molar-refractivity contribution is 0.0720. The number of nitrogens with one attached hydrogen (secondary N) is 1. The average Bonchev–Trinajstić information content (AvgIpc) is 2.46. The summed E-state index contributed by atoms with van der Waals surface area (Å²) in [5.41, 5.74) is 1.31. The molecule has 3 aliphatic rings. The van der Waals surface area contributed by atoms with Crippen molar-refractivity contribution in [2.75, 3.05) is 26.7 Å². The fourth-order valence-corrected chi connectivity index (χ4v) is 3.85. The number of fused-ring (bicyclic) bond motifs is 3. The van der Waals surface area contributed by atoms with Crippen LogP contribution in [0.1, 0.15) is 18.4 Å². The van der Waals surface area contributed by atoms with Crippen LogP contribution in [0.25, 0.3) is 0 Å². The molecule has 3 fully saturated rings. The van der Waals surface area contributed by atoms with E-state index in [1.165, 1.54) is 38.0 Å². The monoisotopic (exact) mass is 324 g/mol. The Labute approximate surface area is 123 Å². The van der Waals surface area contributed by atoms with Gasteiger partial charge in [0.25, 0.3) is 0 Å². The molecule has 1 aromatic carbocycles. The maximum Gasteiger partial charge on any atom is 0.133 e. The van der Waals surface area contributed by atoms with E-state index in [9.17, 15) is 0 Å². The molecule has 1 atom stereocenters. The van der Waals surface area contributed by atoms with Crippen molar-refractivity contribution in [2.45, 2.75) is 25.4 Å². The normalized spacial score (nSPS) is 29.5. The highest BCUT2D eigenvalue weighted by molar-refractivity contribution is 9.10. The van der Waals surface area contributed by atoms with Crippen LogP contribution in [0.5, 0.6) is 5.75 Å². The molecule has 0 saturated carbocycles. The molecule has 1 unspecified atom stereocenters. The molecule has 2 bridgehead atoms. The van der Waals surface area contributed by atoms with E-state index in [-0.39, 0.29) is 0 Å². The van der Waals surface area contributed by atoms with Crippen LogP contribution < -0.4 is 10.1 Å². The molecule has 4 heteroatoms. The van der Waals surface area contributed by atoms with Gasteiger partial charge in [0.15, 0.2) is 0 Å². The zero-order valence-electron chi connectivity index (χ0n) is 11.4. The summed E-state index contributed by atoms with van der Waals surface area (Å²) in [6.45, 7) is 4.77. The van der Waals surface area contributed by atoms with E-state index in [0.717, 1.165) is 22.7 Å². The molecular formula is C15H21BrN2O. The number of nitrogens with zero attached hydrogens (tertiary/aromatic N) is 1. The summed E-state index contributed by atoms with van der Waals surface area (Å²) in [7, 11) is 1.70. The number of piperidine rings is 3. The van der Waals surface area contributed by atoms with Crippen molar-refractivity contribution < 1.29 is 4.74 Å². The largest absolute Gasteiger partial charge is 0.496 e. The predicted octanol–water partition coefficient (Wildman–Crippen LogP) is 2.64. The van der Waals surface area contributed by atoms with Crippen LogP contribution in [0.15, 0.2) is 22.7 Å². The Bertz CT molecular complexity index is 444. The third-order valence-electron chi connectivity index (χ3n) is 4.44. The maximum atomic E-state index is 5.26. The zero-order chi connectivity index (χ0) is 13.2. The van der Waals surface area contributed by atoms with Gasteiger partial charge in [-0.05, 0) is 65.5 Å². The Morgan fingerprint density at radius 2 is 2.16 bits per heavy atom. The second-order valence-electron chi connectivity index (χ2n) is 5.59. The van der Waals surface area contributed by atoms with Crippen molar-refractivity contribution in [1.82, 2.24) is 10.2 Å². The number of benzene rings is 1. The molecule has 4 rings (SSSR count). The van der Waals surface area contributed by atoms with E-state index < -0.39 is 0 Å². The van der Waals surface area contributed by atoms with Gasteiger partial charge in [-0.3, -0.25) is 0 Å². The Balaban J connectivity index is 1.59. The highest BCUT2D eigenvalue weighted by atomic mass is 79.9. The smallest absolute Gasteiger partial charge is 0.133 e. The van der Waals surface area contributed by atoms with Gasteiger partial charge in [0, 0.05) is 19.1 Å². The molecule has 0 aliphatic carbocycles. The third-order valence-corrected chi connectivity index (χ3v) is 5.06. The lowest BCUT2D eigenvalue weighted by Gasteiger charge is -2.45. The topological polar surface area (TPSA) is 24.5 Å². The zero-order valence-corrected chi connectivity index (χ0v) is 12.9. The van der Waals surface area contributed by atoms with Crippen LogP contribution in [-0.2, 0) is 6.54 Å². The van der Waals surface area contributed by atoms with Crippen LogP contribution in [-0.4, -0.2) is 37.7 Å². The second-order valence-corrected chi connectivity index (χ2v) is 6.45. The van der Waals surface area contributed by atoms with E-state index in [1.54, 1.807) is 7.11 Å². The van der Waals surface area contributed by atoms with E-state index in [1.807, 2.05) is 6.07 Å². The molecule has 3 aliphatic heterocycles. The molecule has 19 heavy (non-hydrogen) atoms. The first-order valence-corrected chi connectivity index (χ1v) is 7.83. The number of rotatable bonds is 4. The summed E-state index contributed by atoms with van der Waals surface area (Å²) in [6, 6.07) is 6.98. The van der Waals surface area contributed by atoms with Gasteiger partial charge in [0.2, 0.25) is 0 Å². The van der Waals surface area contributed by atoms with Crippen LogP contribution >= 0.6 is 15.9 Å². The van der Waals surface area contributed by atoms with Crippen LogP contribution in [0.3, 0.4) is 0 Å². The Hall–Kier alpha value is -0.580. The summed E-state index contributed by atoms with van der Waals surface area (Å²) in [5, 5.41) is 3.73. The van der Waals surface area contributed by atoms with Crippen LogP contribution in [0.2, 0.25) is 0 Å². The fraction of sp³-hybridized carbons (Fsp3) is 0.600. The first-order chi connectivity index (χ1) is 9.26. The molecule has 0 amide bonds. The quantitative estimate of drug-likeness (QED) is 0.921. The summed E-state index contributed by atoms with van der Waals surface area (Å²) < 4.78 is 6.29. The molecule has 104 valence electrons. The summed E-state index contributed by atoms with van der Waals surface area (Å²) in [4.78, 5) is 2.58. The van der Waals surface area contributed by atoms with Gasteiger partial charge in [0.05, 0.1) is 11.6 Å². The van der Waals surface area contributed by atoms with Gasteiger partial charge in [0.1, 0.15) is 5.75 Å². The molecule has 3 nitrogen and oxygen atoms in total. The van der Waals surface area contributed by atoms with Gasteiger partial charge < -0.3 is 15.0 Å². The third kappa shape index (κ3) is 2.96. The fourth-order valence-electron chi connectivity index (χ4n) is 3.27. The first-order valence-electron chi connectivity index (χ1n) is 7.04. The van der Waals surface area contributed by atoms with Crippen LogP contribution in [0, 0.1) is 5.92 Å². The SMILES string of the molecule is COc1ccc(CNC2CN3CCC2CC3)cc1Br. The van der Waals surface area contributed by atoms with Gasteiger partial charge in [-0.2, -0.15) is 0 Å². The van der Waals surface area contributed by atoms with Gasteiger partial charge in [-0.25, -0.2) is 0 Å². The summed E-state index contributed by atoms with van der Waals surface area (Å²) in [6.07, 6.45) is 2.73. The number of hydrogen-bond acceptors (Lipinski definition) is 3. The average molecular weight is 325 g/mol. The van der Waals surface area contributed by atoms with Gasteiger partial charge in [-0.1, -0.05) is 6.07 Å². The Kier molecular flexibility index (Phi) is 4.10. The summed E-state index contributed by atoms with van der Waals surface area (Å²) in [5.74, 6) is 1.78. The molecule has 1 N–H and O–H groups in total. The lowest BCUT2D eigenvalue weighted by atomic mass is 9.84. The minimum Gasteiger partial charge on any atom is -0.496 e. The molecule has 3 saturated heterocycles. The summed E-state index contributed by atoms with van der Waals surface area (Å²) >= 11 is 3.54. The van der Waals surface area contributed by atoms with E-state index in [0.29, 0.717) is 6.04 Å². The molecular weight excluding hydrogens is 304 g/mol. The van der Waals surface area contributed by atoms with E-state index >= 15 is 0 Å². The lowest BCUT2D eigenvalue weighted by Crippen LogP contribution is -2.55. The molecule has 3 heterocycles. The van der Waals surface area contributed by atoms with Crippen molar-refractivity contribution in [1.29, 1.82) is 0 Å². The van der Waals surface area contributed by atoms with Crippen LogP contribution in [0.4, 0.5) is 0 Å². The first kappa shape index (κ1) is 13.4. The van der Waals surface area contributed by atoms with Crippen molar-refractivity contribution in [3.8, 4) is 5.75 Å². The number of methoxy groups -OCH3 is 1. The molecule has 0 radical (unpaired) electrons. The number of hydrogen-bond donors (Lipinski definition) is 1. The Morgan fingerprint density at radius 1 is 1.37 bits per heavy atom. The maximum absolute atomic E-state index is 5.26. The van der Waals surface area contributed by atoms with Gasteiger partial charge >= 0.3 is 0 Å². The van der Waals surface area contributed by atoms with E-state index in [4.69, 9.17) is 4.74 Å². The Morgan fingerprint density at radius 3 is 2.74 bits per heavy atom.